The summed E-state index contributed by atoms with van der Waals surface area (Å²) in [5, 5.41) is 6.27. The van der Waals surface area contributed by atoms with Crippen molar-refractivity contribution < 1.29 is 9.53 Å². The zero-order chi connectivity index (χ0) is 11.0. The van der Waals surface area contributed by atoms with Crippen LogP contribution in [-0.2, 0) is 4.79 Å². The van der Waals surface area contributed by atoms with Crippen LogP contribution in [0.4, 0.5) is 5.69 Å². The zero-order valence-electron chi connectivity index (χ0n) is 8.95. The molecule has 0 spiro atoms. The van der Waals surface area contributed by atoms with Gasteiger partial charge in [-0.3, -0.25) is 4.79 Å². The summed E-state index contributed by atoms with van der Waals surface area (Å²) in [4.78, 5) is 11.2. The SMILES string of the molecule is O=C1COc2ccc(C3CCCN3)cc2N1. The van der Waals surface area contributed by atoms with Crippen LogP contribution in [0, 0.1) is 0 Å². The Morgan fingerprint density at radius 2 is 2.31 bits per heavy atom. The van der Waals surface area contributed by atoms with E-state index in [-0.39, 0.29) is 12.5 Å². The molecular formula is C12H14N2O2. The molecule has 1 aromatic rings. The first-order valence-corrected chi connectivity index (χ1v) is 5.63. The third-order valence-electron chi connectivity index (χ3n) is 3.10. The fraction of sp³-hybridized carbons (Fsp3) is 0.417. The summed E-state index contributed by atoms with van der Waals surface area (Å²) in [6.45, 7) is 1.19. The molecule has 4 nitrogen and oxygen atoms in total. The zero-order valence-corrected chi connectivity index (χ0v) is 8.95. The lowest BCUT2D eigenvalue weighted by atomic mass is 10.0. The highest BCUT2D eigenvalue weighted by Gasteiger charge is 2.20. The molecule has 16 heavy (non-hydrogen) atoms. The van der Waals surface area contributed by atoms with Gasteiger partial charge in [0, 0.05) is 6.04 Å². The molecule has 0 bridgehead atoms. The molecule has 3 rings (SSSR count). The molecule has 1 saturated heterocycles. The average molecular weight is 218 g/mol. The number of amides is 1. The van der Waals surface area contributed by atoms with Gasteiger partial charge < -0.3 is 15.4 Å². The Morgan fingerprint density at radius 3 is 3.12 bits per heavy atom. The highest BCUT2D eigenvalue weighted by Crippen LogP contribution is 2.32. The lowest BCUT2D eigenvalue weighted by Gasteiger charge is -2.20. The van der Waals surface area contributed by atoms with Gasteiger partial charge in [0.25, 0.3) is 5.91 Å². The molecule has 0 radical (unpaired) electrons. The van der Waals surface area contributed by atoms with E-state index in [0.717, 1.165) is 24.4 Å². The van der Waals surface area contributed by atoms with Crippen molar-refractivity contribution in [2.75, 3.05) is 18.5 Å². The lowest BCUT2D eigenvalue weighted by molar-refractivity contribution is -0.118. The molecule has 1 fully saturated rings. The first kappa shape index (κ1) is 9.66. The minimum atomic E-state index is -0.0796. The van der Waals surface area contributed by atoms with E-state index in [1.165, 1.54) is 12.0 Å². The average Bonchev–Trinajstić information content (AvgIpc) is 2.81. The maximum absolute atomic E-state index is 11.2. The van der Waals surface area contributed by atoms with Crippen molar-refractivity contribution in [3.8, 4) is 5.75 Å². The van der Waals surface area contributed by atoms with Crippen LogP contribution in [0.3, 0.4) is 0 Å². The molecule has 1 amide bonds. The van der Waals surface area contributed by atoms with Crippen molar-refractivity contribution in [2.45, 2.75) is 18.9 Å². The summed E-state index contributed by atoms with van der Waals surface area (Å²) < 4.78 is 5.32. The van der Waals surface area contributed by atoms with Crippen LogP contribution >= 0.6 is 0 Å². The van der Waals surface area contributed by atoms with Gasteiger partial charge in [0.1, 0.15) is 5.75 Å². The number of nitrogens with one attached hydrogen (secondary N) is 2. The summed E-state index contributed by atoms with van der Waals surface area (Å²) in [6, 6.07) is 6.43. The van der Waals surface area contributed by atoms with Gasteiger partial charge in [-0.1, -0.05) is 6.07 Å². The van der Waals surface area contributed by atoms with Crippen LogP contribution < -0.4 is 15.4 Å². The van der Waals surface area contributed by atoms with Gasteiger partial charge in [-0.2, -0.15) is 0 Å². The van der Waals surface area contributed by atoms with E-state index in [2.05, 4.69) is 16.7 Å². The van der Waals surface area contributed by atoms with Gasteiger partial charge in [0.2, 0.25) is 0 Å². The van der Waals surface area contributed by atoms with Gasteiger partial charge in [-0.25, -0.2) is 0 Å². The Bertz CT molecular complexity index is 425. The van der Waals surface area contributed by atoms with Gasteiger partial charge >= 0.3 is 0 Å². The number of benzene rings is 1. The molecule has 4 heteroatoms. The second-order valence-corrected chi connectivity index (χ2v) is 4.24. The molecule has 2 aliphatic heterocycles. The van der Waals surface area contributed by atoms with E-state index in [1.54, 1.807) is 0 Å². The maximum Gasteiger partial charge on any atom is 0.262 e. The summed E-state index contributed by atoms with van der Waals surface area (Å²) in [5.74, 6) is 0.686. The van der Waals surface area contributed by atoms with Crippen molar-refractivity contribution in [2.24, 2.45) is 0 Å². The fourth-order valence-electron chi connectivity index (χ4n) is 2.29. The molecule has 1 aromatic carbocycles. The maximum atomic E-state index is 11.2. The molecular weight excluding hydrogens is 204 g/mol. The molecule has 0 saturated carbocycles. The second-order valence-electron chi connectivity index (χ2n) is 4.24. The predicted molar refractivity (Wildman–Crippen MR) is 60.5 cm³/mol. The third-order valence-corrected chi connectivity index (χ3v) is 3.10. The largest absolute Gasteiger partial charge is 0.482 e. The minimum Gasteiger partial charge on any atom is -0.482 e. The van der Waals surface area contributed by atoms with Crippen LogP contribution in [-0.4, -0.2) is 19.1 Å². The standard InChI is InChI=1S/C12H14N2O2/c15-12-7-16-11-4-3-8(6-10(11)14-12)9-2-1-5-13-9/h3-4,6,9,13H,1-2,5,7H2,(H,14,15). The number of hydrogen-bond acceptors (Lipinski definition) is 3. The highest BCUT2D eigenvalue weighted by molar-refractivity contribution is 5.95. The first-order valence-electron chi connectivity index (χ1n) is 5.63. The number of hydrogen-bond donors (Lipinski definition) is 2. The lowest BCUT2D eigenvalue weighted by Crippen LogP contribution is -2.25. The van der Waals surface area contributed by atoms with Crippen LogP contribution in [0.15, 0.2) is 18.2 Å². The van der Waals surface area contributed by atoms with E-state index in [1.807, 2.05) is 12.1 Å². The van der Waals surface area contributed by atoms with Gasteiger partial charge in [0.05, 0.1) is 5.69 Å². The summed E-state index contributed by atoms with van der Waals surface area (Å²) in [6.07, 6.45) is 2.37. The summed E-state index contributed by atoms with van der Waals surface area (Å²) >= 11 is 0. The fourth-order valence-corrected chi connectivity index (χ4v) is 2.29. The molecule has 2 N–H and O–H groups in total. The molecule has 1 atom stereocenters. The molecule has 2 aliphatic rings. The first-order chi connectivity index (χ1) is 7.83. The highest BCUT2D eigenvalue weighted by atomic mass is 16.5. The Hall–Kier alpha value is -1.55. The van der Waals surface area contributed by atoms with Crippen LogP contribution in [0.2, 0.25) is 0 Å². The minimum absolute atomic E-state index is 0.0796. The molecule has 0 aliphatic carbocycles. The van der Waals surface area contributed by atoms with Gasteiger partial charge in [-0.05, 0) is 37.1 Å². The van der Waals surface area contributed by atoms with E-state index in [9.17, 15) is 4.79 Å². The van der Waals surface area contributed by atoms with Crippen molar-refractivity contribution in [1.29, 1.82) is 0 Å². The van der Waals surface area contributed by atoms with E-state index in [0.29, 0.717) is 6.04 Å². The summed E-state index contributed by atoms with van der Waals surface area (Å²) in [7, 11) is 0. The molecule has 84 valence electrons. The normalized spacial score (nSPS) is 23.5. The quantitative estimate of drug-likeness (QED) is 0.750. The molecule has 2 heterocycles. The topological polar surface area (TPSA) is 50.4 Å². The van der Waals surface area contributed by atoms with Gasteiger partial charge in [-0.15, -0.1) is 0 Å². The number of fused-ring (bicyclic) bond motifs is 1. The number of carbonyl (C=O) groups excluding carboxylic acids is 1. The Balaban J connectivity index is 1.91. The predicted octanol–water partition coefficient (Wildman–Crippen LogP) is 1.44. The van der Waals surface area contributed by atoms with Crippen molar-refractivity contribution in [3.63, 3.8) is 0 Å². The number of anilines is 1. The summed E-state index contributed by atoms with van der Waals surface area (Å²) in [5.41, 5.74) is 2.02. The van der Waals surface area contributed by atoms with E-state index in [4.69, 9.17) is 4.74 Å². The number of ether oxygens (including phenoxy) is 1. The Kier molecular flexibility index (Phi) is 2.29. The molecule has 0 aromatic heterocycles. The smallest absolute Gasteiger partial charge is 0.262 e. The van der Waals surface area contributed by atoms with Crippen LogP contribution in [0.1, 0.15) is 24.4 Å². The van der Waals surface area contributed by atoms with Crippen LogP contribution in [0.5, 0.6) is 5.75 Å². The van der Waals surface area contributed by atoms with E-state index >= 15 is 0 Å². The number of rotatable bonds is 1. The van der Waals surface area contributed by atoms with Crippen molar-refractivity contribution >= 4 is 11.6 Å². The van der Waals surface area contributed by atoms with Crippen molar-refractivity contribution in [1.82, 2.24) is 5.32 Å². The van der Waals surface area contributed by atoms with E-state index < -0.39 is 0 Å². The van der Waals surface area contributed by atoms with Crippen LogP contribution in [0.25, 0.3) is 0 Å². The second kappa shape index (κ2) is 3.79. The Morgan fingerprint density at radius 1 is 1.38 bits per heavy atom. The van der Waals surface area contributed by atoms with Gasteiger partial charge in [0.15, 0.2) is 6.61 Å². The third kappa shape index (κ3) is 1.65. The molecule has 1 unspecified atom stereocenters. The van der Waals surface area contributed by atoms with Crippen molar-refractivity contribution in [3.05, 3.63) is 23.8 Å². The number of carbonyl (C=O) groups is 1. The monoisotopic (exact) mass is 218 g/mol. The Labute approximate surface area is 94.0 Å².